The van der Waals surface area contributed by atoms with Crippen LogP contribution in [0.3, 0.4) is 0 Å². The van der Waals surface area contributed by atoms with E-state index in [9.17, 15) is 0 Å². The minimum absolute atomic E-state index is 0.130. The molecule has 3 heteroatoms. The number of rotatable bonds is 5. The maximum absolute atomic E-state index is 8.88. The van der Waals surface area contributed by atoms with E-state index in [2.05, 4.69) is 5.32 Å². The van der Waals surface area contributed by atoms with E-state index >= 15 is 0 Å². The summed E-state index contributed by atoms with van der Waals surface area (Å²) in [6, 6.07) is 0.757. The molecule has 1 aliphatic rings. The van der Waals surface area contributed by atoms with E-state index in [0.29, 0.717) is 12.6 Å². The molecule has 3 nitrogen and oxygen atoms in total. The molecule has 1 atom stereocenters. The van der Waals surface area contributed by atoms with Crippen molar-refractivity contribution in [2.24, 2.45) is 0 Å². The lowest BCUT2D eigenvalue weighted by molar-refractivity contribution is 0.113. The van der Waals surface area contributed by atoms with Crippen LogP contribution in [-0.4, -0.2) is 37.5 Å². The zero-order chi connectivity index (χ0) is 8.10. The molecule has 0 saturated heterocycles. The molecule has 11 heavy (non-hydrogen) atoms. The van der Waals surface area contributed by atoms with Crippen molar-refractivity contribution >= 4 is 0 Å². The van der Waals surface area contributed by atoms with Crippen LogP contribution in [0.2, 0.25) is 0 Å². The van der Waals surface area contributed by atoms with Gasteiger partial charge in [0, 0.05) is 13.2 Å². The summed E-state index contributed by atoms with van der Waals surface area (Å²) in [5.41, 5.74) is 0. The SMILES string of the molecule is COCC(CO)NC1CCC1. The third-order valence-electron chi connectivity index (χ3n) is 2.16. The molecule has 2 N–H and O–H groups in total. The second-order valence-electron chi connectivity index (χ2n) is 3.13. The van der Waals surface area contributed by atoms with Crippen LogP contribution in [0.15, 0.2) is 0 Å². The van der Waals surface area contributed by atoms with E-state index in [1.165, 1.54) is 19.3 Å². The van der Waals surface area contributed by atoms with E-state index in [0.717, 1.165) is 0 Å². The van der Waals surface area contributed by atoms with Crippen molar-refractivity contribution in [3.63, 3.8) is 0 Å². The van der Waals surface area contributed by atoms with Crippen LogP contribution in [0.5, 0.6) is 0 Å². The summed E-state index contributed by atoms with van der Waals surface area (Å²) in [6.07, 6.45) is 3.82. The number of methoxy groups -OCH3 is 1. The van der Waals surface area contributed by atoms with E-state index in [4.69, 9.17) is 9.84 Å². The van der Waals surface area contributed by atoms with Crippen LogP contribution in [0.1, 0.15) is 19.3 Å². The maximum atomic E-state index is 8.88. The summed E-state index contributed by atoms with van der Waals surface area (Å²) >= 11 is 0. The van der Waals surface area contributed by atoms with Crippen LogP contribution >= 0.6 is 0 Å². The smallest absolute Gasteiger partial charge is 0.0638 e. The Kier molecular flexibility index (Phi) is 3.83. The number of ether oxygens (including phenoxy) is 1. The topological polar surface area (TPSA) is 41.5 Å². The maximum Gasteiger partial charge on any atom is 0.0638 e. The molecule has 0 aliphatic heterocycles. The van der Waals surface area contributed by atoms with Gasteiger partial charge in [-0.25, -0.2) is 0 Å². The number of hydrogen-bond acceptors (Lipinski definition) is 3. The molecule has 0 amide bonds. The van der Waals surface area contributed by atoms with Gasteiger partial charge in [-0.1, -0.05) is 6.42 Å². The molecule has 0 bridgehead atoms. The molecule has 0 aromatic heterocycles. The molecule has 66 valence electrons. The average Bonchev–Trinajstić information content (AvgIpc) is 1.94. The molecular formula is C8H17NO2. The standard InChI is InChI=1S/C8H17NO2/c1-11-6-8(5-10)9-7-3-2-4-7/h7-10H,2-6H2,1H3. The summed E-state index contributed by atoms with van der Waals surface area (Å²) in [5, 5.41) is 12.2. The lowest BCUT2D eigenvalue weighted by Gasteiger charge is -2.30. The van der Waals surface area contributed by atoms with Gasteiger partial charge in [0.05, 0.1) is 19.3 Å². The average molecular weight is 159 g/mol. The summed E-state index contributed by atoms with van der Waals surface area (Å²) in [5.74, 6) is 0. The normalized spacial score (nSPS) is 21.3. The third kappa shape index (κ3) is 2.77. The first-order valence-corrected chi connectivity index (χ1v) is 4.22. The first-order chi connectivity index (χ1) is 5.36. The van der Waals surface area contributed by atoms with Crippen LogP contribution in [0, 0.1) is 0 Å². The van der Waals surface area contributed by atoms with Crippen molar-refractivity contribution in [2.75, 3.05) is 20.3 Å². The van der Waals surface area contributed by atoms with Gasteiger partial charge >= 0.3 is 0 Å². The van der Waals surface area contributed by atoms with E-state index in [1.807, 2.05) is 0 Å². The van der Waals surface area contributed by atoms with Gasteiger partial charge in [-0.05, 0) is 12.8 Å². The lowest BCUT2D eigenvalue weighted by atomic mass is 9.92. The summed E-state index contributed by atoms with van der Waals surface area (Å²) in [7, 11) is 1.66. The van der Waals surface area contributed by atoms with Crippen molar-refractivity contribution in [1.29, 1.82) is 0 Å². The molecule has 1 unspecified atom stereocenters. The van der Waals surface area contributed by atoms with Crippen molar-refractivity contribution in [3.8, 4) is 0 Å². The highest BCUT2D eigenvalue weighted by atomic mass is 16.5. The molecule has 1 aliphatic carbocycles. The van der Waals surface area contributed by atoms with Crippen LogP contribution < -0.4 is 5.32 Å². The highest BCUT2D eigenvalue weighted by Crippen LogP contribution is 2.18. The minimum atomic E-state index is 0.130. The first-order valence-electron chi connectivity index (χ1n) is 4.22. The molecule has 1 fully saturated rings. The number of nitrogens with one attached hydrogen (secondary N) is 1. The quantitative estimate of drug-likeness (QED) is 0.599. The van der Waals surface area contributed by atoms with Gasteiger partial charge in [-0.15, -0.1) is 0 Å². The highest BCUT2D eigenvalue weighted by molar-refractivity contribution is 4.80. The van der Waals surface area contributed by atoms with Crippen molar-refractivity contribution in [3.05, 3.63) is 0 Å². The van der Waals surface area contributed by atoms with Gasteiger partial charge in [0.15, 0.2) is 0 Å². The van der Waals surface area contributed by atoms with Gasteiger partial charge < -0.3 is 15.2 Å². The summed E-state index contributed by atoms with van der Waals surface area (Å²) < 4.78 is 4.94. The molecule has 1 rings (SSSR count). The Balaban J connectivity index is 2.08. The second-order valence-corrected chi connectivity index (χ2v) is 3.13. The zero-order valence-corrected chi connectivity index (χ0v) is 7.05. The molecule has 0 aromatic carbocycles. The fourth-order valence-electron chi connectivity index (χ4n) is 1.26. The molecule has 0 radical (unpaired) electrons. The van der Waals surface area contributed by atoms with E-state index in [-0.39, 0.29) is 12.6 Å². The predicted molar refractivity (Wildman–Crippen MR) is 43.5 cm³/mol. The Morgan fingerprint density at radius 2 is 2.36 bits per heavy atom. The number of aliphatic hydroxyl groups excluding tert-OH is 1. The fourth-order valence-corrected chi connectivity index (χ4v) is 1.26. The van der Waals surface area contributed by atoms with Gasteiger partial charge in [0.1, 0.15) is 0 Å². The zero-order valence-electron chi connectivity index (χ0n) is 7.05. The van der Waals surface area contributed by atoms with Crippen LogP contribution in [-0.2, 0) is 4.74 Å². The Labute approximate surface area is 67.7 Å². The second kappa shape index (κ2) is 4.70. The van der Waals surface area contributed by atoms with Crippen molar-refractivity contribution in [2.45, 2.75) is 31.3 Å². The molecule has 0 heterocycles. The van der Waals surface area contributed by atoms with Gasteiger partial charge in [-0.3, -0.25) is 0 Å². The van der Waals surface area contributed by atoms with Gasteiger partial charge in [0.2, 0.25) is 0 Å². The van der Waals surface area contributed by atoms with Gasteiger partial charge in [-0.2, -0.15) is 0 Å². The van der Waals surface area contributed by atoms with Crippen molar-refractivity contribution in [1.82, 2.24) is 5.32 Å². The van der Waals surface area contributed by atoms with Crippen molar-refractivity contribution < 1.29 is 9.84 Å². The molecule has 0 spiro atoms. The monoisotopic (exact) mass is 159 g/mol. The molecule has 0 aromatic rings. The predicted octanol–water partition coefficient (Wildman–Crippen LogP) is 0.136. The Hall–Kier alpha value is -0.120. The minimum Gasteiger partial charge on any atom is -0.395 e. The fraction of sp³-hybridized carbons (Fsp3) is 1.00. The Bertz CT molecular complexity index is 104. The van der Waals surface area contributed by atoms with Crippen LogP contribution in [0.4, 0.5) is 0 Å². The third-order valence-corrected chi connectivity index (χ3v) is 2.16. The van der Waals surface area contributed by atoms with Crippen LogP contribution in [0.25, 0.3) is 0 Å². The lowest BCUT2D eigenvalue weighted by Crippen LogP contribution is -2.46. The largest absolute Gasteiger partial charge is 0.395 e. The van der Waals surface area contributed by atoms with E-state index in [1.54, 1.807) is 7.11 Å². The molecular weight excluding hydrogens is 142 g/mol. The summed E-state index contributed by atoms with van der Waals surface area (Å²) in [6.45, 7) is 0.775. The number of aliphatic hydroxyl groups is 1. The van der Waals surface area contributed by atoms with Gasteiger partial charge in [0.25, 0.3) is 0 Å². The highest BCUT2D eigenvalue weighted by Gasteiger charge is 2.20. The van der Waals surface area contributed by atoms with E-state index < -0.39 is 0 Å². The Morgan fingerprint density at radius 3 is 2.73 bits per heavy atom. The number of hydrogen-bond donors (Lipinski definition) is 2. The first kappa shape index (κ1) is 8.97. The molecule has 1 saturated carbocycles. The summed E-state index contributed by atoms with van der Waals surface area (Å²) in [4.78, 5) is 0. The Morgan fingerprint density at radius 1 is 1.64 bits per heavy atom.